The first-order valence-corrected chi connectivity index (χ1v) is 14.8. The van der Waals surface area contributed by atoms with Crippen molar-refractivity contribution in [1.29, 1.82) is 0 Å². The normalized spacial score (nSPS) is 20.9. The first kappa shape index (κ1) is 29.4. The summed E-state index contributed by atoms with van der Waals surface area (Å²) in [6, 6.07) is 24.9. The standard InChI is InChI=1S/C28H29F3O6S2/c1-26(2)19-36-27(3,37-26)20-9-13-23(14-10-20)38(22-7-5-4-6-8-22)24-15-11-21(12-16-24)35-18-17-25(29)28(30,31)39(32,33)34/h4-16,25H,17-19H2,1-3H3/p+1. The van der Waals surface area contributed by atoms with E-state index in [4.69, 9.17) is 18.8 Å². The second-order valence-electron chi connectivity index (χ2n) is 9.85. The van der Waals surface area contributed by atoms with Crippen molar-refractivity contribution in [2.45, 2.75) is 64.7 Å². The van der Waals surface area contributed by atoms with Crippen LogP contribution >= 0.6 is 0 Å². The van der Waals surface area contributed by atoms with Gasteiger partial charge in [0.05, 0.1) is 29.7 Å². The minimum atomic E-state index is -5.86. The summed E-state index contributed by atoms with van der Waals surface area (Å²) in [6.07, 6.45) is -4.02. The molecule has 0 spiro atoms. The molecule has 4 rings (SSSR count). The van der Waals surface area contributed by atoms with Crippen LogP contribution in [0.15, 0.2) is 93.5 Å². The summed E-state index contributed by atoms with van der Waals surface area (Å²) >= 11 is 0. The van der Waals surface area contributed by atoms with E-state index in [1.807, 2.05) is 87.5 Å². The predicted molar refractivity (Wildman–Crippen MR) is 141 cm³/mol. The molecule has 0 radical (unpaired) electrons. The maximum Gasteiger partial charge on any atom is 0.400 e. The lowest BCUT2D eigenvalue weighted by Crippen LogP contribution is -2.39. The van der Waals surface area contributed by atoms with E-state index in [9.17, 15) is 21.6 Å². The number of alkyl halides is 3. The van der Waals surface area contributed by atoms with Gasteiger partial charge in [-0.25, -0.2) is 4.39 Å². The highest BCUT2D eigenvalue weighted by Crippen LogP contribution is 2.40. The second kappa shape index (κ2) is 11.1. The summed E-state index contributed by atoms with van der Waals surface area (Å²) in [4.78, 5) is 3.09. The van der Waals surface area contributed by atoms with Crippen molar-refractivity contribution >= 4 is 21.0 Å². The monoisotopic (exact) mass is 583 g/mol. The van der Waals surface area contributed by atoms with Gasteiger partial charge in [-0.3, -0.25) is 4.55 Å². The Labute approximate surface area is 229 Å². The molecule has 3 atom stereocenters. The number of halogens is 3. The van der Waals surface area contributed by atoms with Gasteiger partial charge in [-0.05, 0) is 81.4 Å². The molecule has 0 aromatic heterocycles. The van der Waals surface area contributed by atoms with Crippen molar-refractivity contribution < 1.29 is 40.4 Å². The Morgan fingerprint density at radius 3 is 2.00 bits per heavy atom. The molecule has 0 aliphatic carbocycles. The fraction of sp³-hybridized carbons (Fsp3) is 0.357. The number of ether oxygens (including phenoxy) is 3. The molecule has 0 bridgehead atoms. The fourth-order valence-electron chi connectivity index (χ4n) is 4.18. The second-order valence-corrected chi connectivity index (χ2v) is 13.4. The lowest BCUT2D eigenvalue weighted by molar-refractivity contribution is -0.176. The van der Waals surface area contributed by atoms with Crippen LogP contribution in [0.25, 0.3) is 0 Å². The van der Waals surface area contributed by atoms with E-state index >= 15 is 0 Å². The molecular weight excluding hydrogens is 553 g/mol. The highest BCUT2D eigenvalue weighted by atomic mass is 32.2. The number of hydrogen-bond donors (Lipinski definition) is 1. The third kappa shape index (κ3) is 6.60. The summed E-state index contributed by atoms with van der Waals surface area (Å²) in [7, 11) is -6.34. The van der Waals surface area contributed by atoms with E-state index in [0.29, 0.717) is 12.4 Å². The minimum absolute atomic E-state index is 0.305. The van der Waals surface area contributed by atoms with Gasteiger partial charge in [0.15, 0.2) is 26.6 Å². The lowest BCUT2D eigenvalue weighted by Gasteiger charge is -2.26. The molecule has 11 heteroatoms. The Balaban J connectivity index is 1.51. The van der Waals surface area contributed by atoms with Gasteiger partial charge in [-0.15, -0.1) is 0 Å². The van der Waals surface area contributed by atoms with Crippen LogP contribution in [0.3, 0.4) is 0 Å². The quantitative estimate of drug-likeness (QED) is 0.221. The first-order chi connectivity index (χ1) is 18.2. The smallest absolute Gasteiger partial charge is 0.400 e. The maximum atomic E-state index is 13.7. The number of rotatable bonds is 10. The van der Waals surface area contributed by atoms with E-state index in [1.54, 1.807) is 12.1 Å². The van der Waals surface area contributed by atoms with Crippen LogP contribution in [0.1, 0.15) is 32.8 Å². The molecule has 1 fully saturated rings. The van der Waals surface area contributed by atoms with Gasteiger partial charge >= 0.3 is 15.4 Å². The topological polar surface area (TPSA) is 82.1 Å². The van der Waals surface area contributed by atoms with E-state index in [2.05, 4.69) is 0 Å². The Morgan fingerprint density at radius 1 is 0.949 bits per heavy atom. The summed E-state index contributed by atoms with van der Waals surface area (Å²) in [5.74, 6) is -0.532. The van der Waals surface area contributed by atoms with Crippen LogP contribution in [-0.4, -0.2) is 43.2 Å². The zero-order chi connectivity index (χ0) is 28.5. The van der Waals surface area contributed by atoms with Crippen molar-refractivity contribution in [2.75, 3.05) is 13.2 Å². The third-order valence-electron chi connectivity index (χ3n) is 6.17. The largest absolute Gasteiger partial charge is 0.493 e. The van der Waals surface area contributed by atoms with Gasteiger partial charge in [-0.1, -0.05) is 18.2 Å². The van der Waals surface area contributed by atoms with Crippen LogP contribution in [0.4, 0.5) is 13.2 Å². The van der Waals surface area contributed by atoms with Gasteiger partial charge in [0.1, 0.15) is 5.75 Å². The molecule has 0 amide bonds. The van der Waals surface area contributed by atoms with Crippen molar-refractivity contribution in [3.05, 3.63) is 84.4 Å². The highest BCUT2D eigenvalue weighted by Gasteiger charge is 2.52. The third-order valence-corrected chi connectivity index (χ3v) is 9.34. The number of benzene rings is 3. The molecular formula is C28H30F3O6S2+. The fourth-order valence-corrected chi connectivity index (χ4v) is 6.68. The Bertz CT molecular complexity index is 1370. The molecule has 6 nitrogen and oxygen atoms in total. The van der Waals surface area contributed by atoms with E-state index in [1.165, 1.54) is 0 Å². The van der Waals surface area contributed by atoms with Crippen molar-refractivity contribution in [3.8, 4) is 5.75 Å². The van der Waals surface area contributed by atoms with Gasteiger partial charge in [0.25, 0.3) is 0 Å². The zero-order valence-corrected chi connectivity index (χ0v) is 23.3. The zero-order valence-electron chi connectivity index (χ0n) is 21.6. The molecule has 1 heterocycles. The van der Waals surface area contributed by atoms with Gasteiger partial charge in [0, 0.05) is 12.0 Å². The van der Waals surface area contributed by atoms with Crippen molar-refractivity contribution in [3.63, 3.8) is 0 Å². The molecule has 1 aliphatic heterocycles. The summed E-state index contributed by atoms with van der Waals surface area (Å²) in [6.45, 7) is 5.86. The molecule has 1 aliphatic rings. The van der Waals surface area contributed by atoms with Crippen LogP contribution in [0, 0.1) is 0 Å². The molecule has 1 N–H and O–H groups in total. The Morgan fingerprint density at radius 2 is 1.49 bits per heavy atom. The Hall–Kier alpha value is -2.57. The number of hydrogen-bond acceptors (Lipinski definition) is 5. The first-order valence-electron chi connectivity index (χ1n) is 12.2. The SMILES string of the molecule is CC1(C)COC(C)(c2ccc([S+](c3ccccc3)c3ccc(OCCC(F)C(F)(F)S(=O)(=O)O)cc3)cc2)O1. The minimum Gasteiger partial charge on any atom is -0.493 e. The van der Waals surface area contributed by atoms with Crippen molar-refractivity contribution in [2.24, 2.45) is 0 Å². The van der Waals surface area contributed by atoms with Gasteiger partial charge < -0.3 is 14.2 Å². The summed E-state index contributed by atoms with van der Waals surface area (Å²) in [5, 5.41) is -4.90. The summed E-state index contributed by atoms with van der Waals surface area (Å²) in [5.41, 5.74) is 0.525. The van der Waals surface area contributed by atoms with Crippen molar-refractivity contribution in [1.82, 2.24) is 0 Å². The van der Waals surface area contributed by atoms with E-state index < -0.39 is 51.3 Å². The average molecular weight is 584 g/mol. The molecule has 210 valence electrons. The van der Waals surface area contributed by atoms with E-state index in [-0.39, 0.29) is 5.60 Å². The molecule has 3 aromatic rings. The molecule has 39 heavy (non-hydrogen) atoms. The van der Waals surface area contributed by atoms with Gasteiger partial charge in [-0.2, -0.15) is 17.2 Å². The molecule has 3 aromatic carbocycles. The lowest BCUT2D eigenvalue weighted by atomic mass is 10.1. The molecule has 1 saturated heterocycles. The van der Waals surface area contributed by atoms with Gasteiger partial charge in [0.2, 0.25) is 0 Å². The van der Waals surface area contributed by atoms with Crippen LogP contribution < -0.4 is 4.74 Å². The highest BCUT2D eigenvalue weighted by molar-refractivity contribution is 7.97. The maximum absolute atomic E-state index is 13.7. The van der Waals surface area contributed by atoms with Crippen LogP contribution in [0.5, 0.6) is 5.75 Å². The Kier molecular flexibility index (Phi) is 8.39. The summed E-state index contributed by atoms with van der Waals surface area (Å²) < 4.78 is 87.9. The average Bonchev–Trinajstić information content (AvgIpc) is 3.19. The van der Waals surface area contributed by atoms with Crippen LogP contribution in [-0.2, 0) is 36.3 Å². The van der Waals surface area contributed by atoms with E-state index in [0.717, 1.165) is 20.2 Å². The van der Waals surface area contributed by atoms with Crippen LogP contribution in [0.2, 0.25) is 0 Å². The molecule has 0 saturated carbocycles. The predicted octanol–water partition coefficient (Wildman–Crippen LogP) is 6.37. The molecule has 3 unspecified atom stereocenters.